The summed E-state index contributed by atoms with van der Waals surface area (Å²) in [6.07, 6.45) is 8.08. The predicted molar refractivity (Wildman–Crippen MR) is 231 cm³/mol. The molecule has 6 unspecified atom stereocenters. The maximum Gasteiger partial charge on any atom is 0.139 e. The van der Waals surface area contributed by atoms with Crippen LogP contribution in [0.4, 0.5) is 17.1 Å². The molecule has 2 heterocycles. The number of hydrogen-bond donors (Lipinski definition) is 0. The summed E-state index contributed by atoms with van der Waals surface area (Å²) >= 11 is 0. The van der Waals surface area contributed by atoms with Gasteiger partial charge < -0.3 is 14.1 Å². The van der Waals surface area contributed by atoms with Crippen LogP contribution in [0.3, 0.4) is 0 Å². The molecule has 2 bridgehead atoms. The van der Waals surface area contributed by atoms with Crippen molar-refractivity contribution in [3.05, 3.63) is 150 Å². The van der Waals surface area contributed by atoms with E-state index in [4.69, 9.17) is 9.15 Å². The fourth-order valence-corrected chi connectivity index (χ4v) is 14.1. The molecule has 5 aliphatic carbocycles. The van der Waals surface area contributed by atoms with E-state index in [1.54, 1.807) is 0 Å². The van der Waals surface area contributed by atoms with Gasteiger partial charge in [0, 0.05) is 49.9 Å². The Labute approximate surface area is 335 Å². The van der Waals surface area contributed by atoms with E-state index in [1.807, 2.05) is 6.07 Å². The Balaban J connectivity index is 0.950. The quantitative estimate of drug-likeness (QED) is 0.180. The topological polar surface area (TPSA) is 25.6 Å². The van der Waals surface area contributed by atoms with Crippen LogP contribution in [0.1, 0.15) is 88.5 Å². The van der Waals surface area contributed by atoms with Crippen molar-refractivity contribution in [1.29, 1.82) is 0 Å². The summed E-state index contributed by atoms with van der Waals surface area (Å²) in [7, 11) is 0. The van der Waals surface area contributed by atoms with Crippen LogP contribution in [0.15, 0.2) is 132 Å². The number of para-hydroxylation sites is 3. The van der Waals surface area contributed by atoms with E-state index in [-0.39, 0.29) is 16.2 Å². The monoisotopic (exact) mass is 743 g/mol. The third-order valence-corrected chi connectivity index (χ3v) is 16.7. The van der Waals surface area contributed by atoms with Crippen LogP contribution in [0.5, 0.6) is 11.5 Å². The lowest BCUT2D eigenvalue weighted by Crippen LogP contribution is -2.74. The molecule has 0 amide bonds. The highest BCUT2D eigenvalue weighted by molar-refractivity contribution is 6.06. The Morgan fingerprint density at radius 1 is 0.561 bits per heavy atom. The molecule has 7 aromatic rings. The average Bonchev–Trinajstić information content (AvgIpc) is 3.89. The average molecular weight is 744 g/mol. The molecular formula is C54H49NO2. The molecule has 57 heavy (non-hydrogen) atoms. The van der Waals surface area contributed by atoms with Gasteiger partial charge in [-0.1, -0.05) is 100 Å². The number of nitrogens with zero attached hydrogens (tertiary/aromatic N) is 1. The second-order valence-corrected chi connectivity index (χ2v) is 20.0. The van der Waals surface area contributed by atoms with Gasteiger partial charge in [-0.25, -0.2) is 0 Å². The highest BCUT2D eigenvalue weighted by Crippen LogP contribution is 2.89. The number of hydrogen-bond acceptors (Lipinski definition) is 3. The second-order valence-electron chi connectivity index (χ2n) is 20.0. The van der Waals surface area contributed by atoms with Gasteiger partial charge in [0.25, 0.3) is 0 Å². The van der Waals surface area contributed by atoms with E-state index < -0.39 is 0 Å². The van der Waals surface area contributed by atoms with E-state index in [9.17, 15) is 0 Å². The predicted octanol–water partition coefficient (Wildman–Crippen LogP) is 14.5. The van der Waals surface area contributed by atoms with Crippen molar-refractivity contribution in [2.24, 2.45) is 29.1 Å². The van der Waals surface area contributed by atoms with Crippen molar-refractivity contribution in [3.8, 4) is 22.6 Å². The minimum atomic E-state index is 0.0767. The smallest absolute Gasteiger partial charge is 0.139 e. The molecule has 4 saturated carbocycles. The van der Waals surface area contributed by atoms with Gasteiger partial charge in [0.15, 0.2) is 0 Å². The number of ether oxygens (including phenoxy) is 1. The summed E-state index contributed by atoms with van der Waals surface area (Å²) < 4.78 is 13.3. The molecule has 13 rings (SSSR count). The second kappa shape index (κ2) is 10.8. The Hall–Kier alpha value is -5.28. The molecule has 1 aromatic heterocycles. The van der Waals surface area contributed by atoms with E-state index in [0.29, 0.717) is 5.41 Å². The summed E-state index contributed by atoms with van der Waals surface area (Å²) in [6.45, 7) is 9.66. The van der Waals surface area contributed by atoms with Gasteiger partial charge in [0.05, 0.1) is 0 Å². The van der Waals surface area contributed by atoms with Gasteiger partial charge in [-0.05, 0) is 150 Å². The Morgan fingerprint density at radius 3 is 2.12 bits per heavy atom. The highest BCUT2D eigenvalue weighted by atomic mass is 16.5. The Morgan fingerprint density at radius 2 is 1.26 bits per heavy atom. The van der Waals surface area contributed by atoms with E-state index in [1.165, 1.54) is 77.6 Å². The van der Waals surface area contributed by atoms with Crippen LogP contribution >= 0.6 is 0 Å². The summed E-state index contributed by atoms with van der Waals surface area (Å²) in [5.74, 6) is 5.50. The van der Waals surface area contributed by atoms with Gasteiger partial charge in [-0.3, -0.25) is 0 Å². The number of anilines is 3. The van der Waals surface area contributed by atoms with Crippen molar-refractivity contribution < 1.29 is 9.15 Å². The van der Waals surface area contributed by atoms with Gasteiger partial charge in [0.1, 0.15) is 22.7 Å². The number of rotatable bonds is 4. The molecule has 6 aliphatic rings. The molecular weight excluding hydrogens is 695 g/mol. The molecule has 282 valence electrons. The fraction of sp³-hybridized carbons (Fsp3) is 0.333. The SMILES string of the molecule is CC1(C)CCC(C)(C)c2cc(N(c3ccc(-c4cccc5c4Oc4ccccc4C54C5CC6CC7CC4C75C6)cc3)c3ccc4oc5ccccc5c4c3)ccc21. The molecule has 0 radical (unpaired) electrons. The maximum atomic E-state index is 7.04. The zero-order chi connectivity index (χ0) is 38.1. The van der Waals surface area contributed by atoms with Crippen LogP contribution in [-0.2, 0) is 16.2 Å². The van der Waals surface area contributed by atoms with E-state index in [2.05, 4.69) is 154 Å². The van der Waals surface area contributed by atoms with Crippen molar-refractivity contribution in [1.82, 2.24) is 0 Å². The van der Waals surface area contributed by atoms with E-state index >= 15 is 0 Å². The van der Waals surface area contributed by atoms with Crippen LogP contribution in [0, 0.1) is 29.1 Å². The molecule has 4 fully saturated rings. The molecule has 2 spiro atoms. The Bertz CT molecular complexity index is 2840. The minimum Gasteiger partial charge on any atom is -0.456 e. The lowest BCUT2D eigenvalue weighted by Gasteiger charge is -2.77. The molecule has 3 nitrogen and oxygen atoms in total. The van der Waals surface area contributed by atoms with Gasteiger partial charge >= 0.3 is 0 Å². The third kappa shape index (κ3) is 4.04. The fourth-order valence-electron chi connectivity index (χ4n) is 14.1. The zero-order valence-corrected chi connectivity index (χ0v) is 33.4. The minimum absolute atomic E-state index is 0.0767. The normalized spacial score (nSPS) is 28.8. The van der Waals surface area contributed by atoms with Crippen molar-refractivity contribution >= 4 is 39.0 Å². The van der Waals surface area contributed by atoms with Crippen molar-refractivity contribution in [2.75, 3.05) is 4.90 Å². The van der Waals surface area contributed by atoms with Crippen LogP contribution in [0.2, 0.25) is 0 Å². The molecule has 0 saturated heterocycles. The first-order chi connectivity index (χ1) is 27.7. The standard InChI is InChI=1S/C54H49NO2/c1-51(2)24-25-52(3,4)44-30-37(20-22-41(44)51)55(36-21-23-46-40(29-36)39-10-5-7-14-45(39)56-46)35-18-16-33(17-19-35)38-11-9-13-43-50(38)57-47-15-8-6-12-42(47)54(43)48-27-32-26-34-28-49(54)53(34,48)31-32/h5-23,29-30,32,34,48-49H,24-28,31H2,1-4H3. The number of furan rings is 1. The van der Waals surface area contributed by atoms with Crippen LogP contribution in [0.25, 0.3) is 33.1 Å². The first-order valence-corrected chi connectivity index (χ1v) is 21.5. The van der Waals surface area contributed by atoms with Gasteiger partial charge in [0.2, 0.25) is 0 Å². The number of fused-ring (bicyclic) bond motifs is 11. The molecule has 6 atom stereocenters. The molecule has 1 aliphatic heterocycles. The molecule has 3 heteroatoms. The van der Waals surface area contributed by atoms with Crippen molar-refractivity contribution in [2.45, 2.75) is 82.5 Å². The van der Waals surface area contributed by atoms with Gasteiger partial charge in [-0.15, -0.1) is 0 Å². The zero-order valence-electron chi connectivity index (χ0n) is 33.4. The summed E-state index contributed by atoms with van der Waals surface area (Å²) in [5.41, 5.74) is 14.4. The summed E-state index contributed by atoms with van der Waals surface area (Å²) in [5, 5.41) is 2.28. The first kappa shape index (κ1) is 32.8. The third-order valence-electron chi connectivity index (χ3n) is 16.7. The van der Waals surface area contributed by atoms with Crippen LogP contribution in [-0.4, -0.2) is 0 Å². The highest BCUT2D eigenvalue weighted by Gasteiger charge is 2.84. The maximum absolute atomic E-state index is 7.04. The summed E-state index contributed by atoms with van der Waals surface area (Å²) in [6, 6.07) is 47.6. The summed E-state index contributed by atoms with van der Waals surface area (Å²) in [4.78, 5) is 2.45. The lowest BCUT2D eigenvalue weighted by atomic mass is 9.26. The molecule has 0 N–H and O–H groups in total. The van der Waals surface area contributed by atoms with E-state index in [0.717, 1.165) is 68.5 Å². The van der Waals surface area contributed by atoms with Gasteiger partial charge in [-0.2, -0.15) is 0 Å². The Kier molecular flexibility index (Phi) is 6.21. The first-order valence-electron chi connectivity index (χ1n) is 21.5. The lowest BCUT2D eigenvalue weighted by molar-refractivity contribution is -0.235. The molecule has 6 aromatic carbocycles. The van der Waals surface area contributed by atoms with Crippen molar-refractivity contribution in [3.63, 3.8) is 0 Å². The van der Waals surface area contributed by atoms with Crippen LogP contribution < -0.4 is 9.64 Å². The number of benzene rings is 6. The largest absolute Gasteiger partial charge is 0.456 e.